The van der Waals surface area contributed by atoms with Gasteiger partial charge in [0, 0.05) is 17.1 Å². The summed E-state index contributed by atoms with van der Waals surface area (Å²) in [5.41, 5.74) is -0.217. The molecular formula is C18H21BrFN3O5S2. The van der Waals surface area contributed by atoms with Gasteiger partial charge in [-0.3, -0.25) is 10.1 Å². The second-order valence-corrected chi connectivity index (χ2v) is 12.0. The van der Waals surface area contributed by atoms with Crippen molar-refractivity contribution in [3.8, 4) is 0 Å². The zero-order chi connectivity index (χ0) is 22.7. The van der Waals surface area contributed by atoms with Gasteiger partial charge in [0.25, 0.3) is 5.69 Å². The second-order valence-electron chi connectivity index (χ2n) is 7.33. The van der Waals surface area contributed by atoms with Crippen molar-refractivity contribution in [3.05, 3.63) is 68.4 Å². The van der Waals surface area contributed by atoms with E-state index in [1.54, 1.807) is 26.8 Å². The summed E-state index contributed by atoms with van der Waals surface area (Å²) in [6, 6.07) is 8.07. The van der Waals surface area contributed by atoms with Crippen molar-refractivity contribution in [1.82, 2.24) is 9.44 Å². The van der Waals surface area contributed by atoms with Crippen LogP contribution in [0.15, 0.2) is 51.8 Å². The van der Waals surface area contributed by atoms with Crippen LogP contribution in [0.4, 0.5) is 10.1 Å². The number of nitrogens with zero attached hydrogens (tertiary/aromatic N) is 1. The Balaban J connectivity index is 2.36. The SMILES string of the molecule is CC(C)(C)S(=O)N[C@H](CNS(=O)(=O)c1ccccc1[N+](=O)[O-])c1cc(F)cc(Br)c1. The molecule has 2 aromatic carbocycles. The Morgan fingerprint density at radius 1 is 1.23 bits per heavy atom. The Hall–Kier alpha value is -1.73. The lowest BCUT2D eigenvalue weighted by molar-refractivity contribution is -0.387. The summed E-state index contributed by atoms with van der Waals surface area (Å²) < 4.78 is 56.8. The van der Waals surface area contributed by atoms with Crippen LogP contribution in [0.2, 0.25) is 0 Å². The molecule has 2 atom stereocenters. The monoisotopic (exact) mass is 521 g/mol. The molecule has 30 heavy (non-hydrogen) atoms. The van der Waals surface area contributed by atoms with Gasteiger partial charge in [-0.25, -0.2) is 26.5 Å². The molecule has 0 spiro atoms. The van der Waals surface area contributed by atoms with E-state index in [0.717, 1.165) is 12.1 Å². The van der Waals surface area contributed by atoms with Crippen molar-refractivity contribution in [2.45, 2.75) is 36.5 Å². The molecule has 8 nitrogen and oxygen atoms in total. The summed E-state index contributed by atoms with van der Waals surface area (Å²) in [6.07, 6.45) is 0. The molecule has 0 aromatic heterocycles. The lowest BCUT2D eigenvalue weighted by Crippen LogP contribution is -2.41. The Kier molecular flexibility index (Phi) is 7.85. The molecule has 0 bridgehead atoms. The number of nitro benzene ring substituents is 1. The Bertz CT molecular complexity index is 1050. The number of sulfonamides is 1. The standard InChI is InChI=1S/C18H21BrFN3O5S2/c1-18(2,3)29(26)22-15(12-8-13(19)10-14(20)9-12)11-21-30(27,28)17-7-5-4-6-16(17)23(24)25/h4-10,15,21-22H,11H2,1-3H3/t15-,29?/m1/s1. The van der Waals surface area contributed by atoms with Crippen LogP contribution in [-0.4, -0.2) is 28.8 Å². The smallest absolute Gasteiger partial charge is 0.258 e. The van der Waals surface area contributed by atoms with Crippen molar-refractivity contribution < 1.29 is 21.9 Å². The summed E-state index contributed by atoms with van der Waals surface area (Å²) >= 11 is 3.18. The number of nitro groups is 1. The molecule has 0 radical (unpaired) electrons. The van der Waals surface area contributed by atoms with Crippen LogP contribution < -0.4 is 9.44 Å². The van der Waals surface area contributed by atoms with E-state index in [2.05, 4.69) is 25.4 Å². The fourth-order valence-corrected chi connectivity index (χ4v) is 4.95. The van der Waals surface area contributed by atoms with E-state index in [9.17, 15) is 27.1 Å². The molecule has 2 N–H and O–H groups in total. The number of para-hydroxylation sites is 1. The highest BCUT2D eigenvalue weighted by atomic mass is 79.9. The van der Waals surface area contributed by atoms with E-state index in [0.29, 0.717) is 10.0 Å². The highest BCUT2D eigenvalue weighted by Crippen LogP contribution is 2.25. The third kappa shape index (κ3) is 6.38. The summed E-state index contributed by atoms with van der Waals surface area (Å²) in [5.74, 6) is -0.561. The van der Waals surface area contributed by atoms with Crippen LogP contribution in [0.25, 0.3) is 0 Å². The zero-order valence-corrected chi connectivity index (χ0v) is 19.6. The third-order valence-electron chi connectivity index (χ3n) is 3.92. The largest absolute Gasteiger partial charge is 0.289 e. The minimum Gasteiger partial charge on any atom is -0.258 e. The van der Waals surface area contributed by atoms with Gasteiger partial charge in [-0.2, -0.15) is 0 Å². The van der Waals surface area contributed by atoms with E-state index in [1.807, 2.05) is 0 Å². The first-order valence-electron chi connectivity index (χ1n) is 8.68. The zero-order valence-electron chi connectivity index (χ0n) is 16.4. The van der Waals surface area contributed by atoms with E-state index < -0.39 is 53.1 Å². The Morgan fingerprint density at radius 3 is 2.43 bits per heavy atom. The molecule has 164 valence electrons. The average Bonchev–Trinajstić information content (AvgIpc) is 2.63. The molecule has 0 saturated carbocycles. The summed E-state index contributed by atoms with van der Waals surface area (Å²) in [4.78, 5) is 9.89. The molecule has 0 amide bonds. The van der Waals surface area contributed by atoms with Gasteiger partial charge >= 0.3 is 0 Å². The number of benzene rings is 2. The molecule has 12 heteroatoms. The normalized spacial score (nSPS) is 14.3. The van der Waals surface area contributed by atoms with Crippen LogP contribution in [0.5, 0.6) is 0 Å². The van der Waals surface area contributed by atoms with Crippen LogP contribution in [0, 0.1) is 15.9 Å². The van der Waals surface area contributed by atoms with E-state index >= 15 is 0 Å². The van der Waals surface area contributed by atoms with Crippen molar-refractivity contribution in [2.75, 3.05) is 6.54 Å². The lowest BCUT2D eigenvalue weighted by atomic mass is 10.1. The first kappa shape index (κ1) is 24.5. The van der Waals surface area contributed by atoms with Crippen LogP contribution in [0.1, 0.15) is 32.4 Å². The summed E-state index contributed by atoms with van der Waals surface area (Å²) in [6.45, 7) is 4.87. The average molecular weight is 522 g/mol. The van der Waals surface area contributed by atoms with Gasteiger partial charge < -0.3 is 0 Å². The predicted octanol–water partition coefficient (Wildman–Crippen LogP) is 3.57. The van der Waals surface area contributed by atoms with Gasteiger partial charge in [-0.05, 0) is 50.6 Å². The van der Waals surface area contributed by atoms with Gasteiger partial charge in [0.2, 0.25) is 10.0 Å². The van der Waals surface area contributed by atoms with Crippen molar-refractivity contribution >= 4 is 42.6 Å². The fourth-order valence-electron chi connectivity index (χ4n) is 2.42. The molecule has 0 heterocycles. The molecule has 0 fully saturated rings. The summed E-state index contributed by atoms with van der Waals surface area (Å²) in [7, 11) is -5.86. The van der Waals surface area contributed by atoms with Crippen LogP contribution in [0.3, 0.4) is 0 Å². The summed E-state index contributed by atoms with van der Waals surface area (Å²) in [5, 5.41) is 11.2. The van der Waals surface area contributed by atoms with Gasteiger partial charge in [-0.1, -0.05) is 28.1 Å². The highest BCUT2D eigenvalue weighted by molar-refractivity contribution is 9.10. The molecule has 1 unspecified atom stereocenters. The number of hydrogen-bond acceptors (Lipinski definition) is 5. The molecule has 2 rings (SSSR count). The van der Waals surface area contributed by atoms with Gasteiger partial charge in [0.05, 0.1) is 26.7 Å². The minimum atomic E-state index is -4.27. The van der Waals surface area contributed by atoms with Crippen LogP contribution in [-0.2, 0) is 21.0 Å². The number of nitrogens with one attached hydrogen (secondary N) is 2. The number of halogens is 2. The first-order valence-corrected chi connectivity index (χ1v) is 12.1. The Labute approximate surface area is 185 Å². The molecule has 2 aromatic rings. The molecule has 0 saturated heterocycles. The second kappa shape index (κ2) is 9.60. The van der Waals surface area contributed by atoms with Gasteiger partial charge in [0.15, 0.2) is 4.90 Å². The van der Waals surface area contributed by atoms with Crippen LogP contribution >= 0.6 is 15.9 Å². The molecular weight excluding hydrogens is 501 g/mol. The topological polar surface area (TPSA) is 118 Å². The van der Waals surface area contributed by atoms with E-state index in [1.165, 1.54) is 24.3 Å². The molecule has 0 aliphatic rings. The quantitative estimate of drug-likeness (QED) is 0.406. The Morgan fingerprint density at radius 2 is 1.87 bits per heavy atom. The van der Waals surface area contributed by atoms with Gasteiger partial charge in [0.1, 0.15) is 5.82 Å². The van der Waals surface area contributed by atoms with Crippen molar-refractivity contribution in [3.63, 3.8) is 0 Å². The van der Waals surface area contributed by atoms with E-state index in [4.69, 9.17) is 0 Å². The number of hydrogen-bond donors (Lipinski definition) is 2. The third-order valence-corrected chi connectivity index (χ3v) is 7.46. The number of rotatable bonds is 8. The maximum Gasteiger partial charge on any atom is 0.289 e. The van der Waals surface area contributed by atoms with Crippen molar-refractivity contribution in [2.24, 2.45) is 0 Å². The van der Waals surface area contributed by atoms with Gasteiger partial charge in [-0.15, -0.1) is 0 Å². The first-order chi connectivity index (χ1) is 13.8. The lowest BCUT2D eigenvalue weighted by Gasteiger charge is -2.25. The minimum absolute atomic E-state index is 0.313. The maximum absolute atomic E-state index is 13.9. The highest BCUT2D eigenvalue weighted by Gasteiger charge is 2.28. The fraction of sp³-hybridized carbons (Fsp3) is 0.333. The maximum atomic E-state index is 13.9. The predicted molar refractivity (Wildman–Crippen MR) is 116 cm³/mol. The van der Waals surface area contributed by atoms with Crippen molar-refractivity contribution in [1.29, 1.82) is 0 Å². The molecule has 0 aliphatic carbocycles. The molecule has 0 aliphatic heterocycles. The van der Waals surface area contributed by atoms with E-state index in [-0.39, 0.29) is 6.54 Å².